The van der Waals surface area contributed by atoms with E-state index in [1.165, 1.54) is 0 Å². The van der Waals surface area contributed by atoms with Crippen molar-refractivity contribution < 1.29 is 4.79 Å². The Morgan fingerprint density at radius 1 is 1.43 bits per heavy atom. The first-order chi connectivity index (χ1) is 13.3. The summed E-state index contributed by atoms with van der Waals surface area (Å²) in [6, 6.07) is 5.79. The molecule has 0 radical (unpaired) electrons. The van der Waals surface area contributed by atoms with Crippen molar-refractivity contribution in [1.29, 1.82) is 5.26 Å². The van der Waals surface area contributed by atoms with Crippen molar-refractivity contribution in [2.75, 3.05) is 11.1 Å². The van der Waals surface area contributed by atoms with Crippen LogP contribution in [0.1, 0.15) is 12.1 Å². The topological polar surface area (TPSA) is 133 Å². The van der Waals surface area contributed by atoms with Gasteiger partial charge in [0.15, 0.2) is 0 Å². The van der Waals surface area contributed by atoms with E-state index >= 15 is 0 Å². The van der Waals surface area contributed by atoms with Gasteiger partial charge in [0.05, 0.1) is 29.8 Å². The van der Waals surface area contributed by atoms with Gasteiger partial charge in [0, 0.05) is 22.8 Å². The monoisotopic (exact) mass is 389 g/mol. The zero-order valence-corrected chi connectivity index (χ0v) is 16.7. The molecule has 3 aromatic heterocycles. The van der Waals surface area contributed by atoms with Gasteiger partial charge < -0.3 is 11.1 Å². The van der Waals surface area contributed by atoms with Crippen molar-refractivity contribution in [1.82, 2.24) is 20.2 Å². The molecule has 8 nitrogen and oxygen atoms in total. The third-order valence-corrected chi connectivity index (χ3v) is 5.14. The predicted molar refractivity (Wildman–Crippen MR) is 116 cm³/mol. The Labute approximate surface area is 165 Å². The van der Waals surface area contributed by atoms with Gasteiger partial charge in [-0.15, -0.1) is 9.24 Å². The number of nitriles is 1. The number of H-pyrrole nitrogens is 1. The molecular weight excluding hydrogens is 371 g/mol. The number of nitrogens with one attached hydrogen (secondary N) is 2. The molecule has 1 saturated carbocycles. The van der Waals surface area contributed by atoms with Crippen LogP contribution in [0, 0.1) is 23.2 Å². The Bertz CT molecular complexity index is 1130. The highest BCUT2D eigenvalue weighted by Crippen LogP contribution is 2.38. The lowest BCUT2D eigenvalue weighted by atomic mass is 9.66. The first-order valence-corrected chi connectivity index (χ1v) is 9.45. The largest absolute Gasteiger partial charge is 0.383 e. The van der Waals surface area contributed by atoms with Crippen LogP contribution < -0.4 is 11.1 Å². The highest BCUT2D eigenvalue weighted by atomic mass is 31.0. The summed E-state index contributed by atoms with van der Waals surface area (Å²) >= 11 is 0. The number of nitrogen functional groups attached to an aromatic ring is 1. The van der Waals surface area contributed by atoms with Crippen LogP contribution in [0.15, 0.2) is 24.5 Å². The summed E-state index contributed by atoms with van der Waals surface area (Å²) in [6.07, 6.45) is 3.93. The van der Waals surface area contributed by atoms with Crippen molar-refractivity contribution in [3.8, 4) is 17.3 Å². The van der Waals surface area contributed by atoms with E-state index < -0.39 is 0 Å². The molecule has 1 amide bonds. The van der Waals surface area contributed by atoms with Gasteiger partial charge in [0.25, 0.3) is 0 Å². The number of nitrogens with zero attached hydrogens (tertiary/aromatic N) is 4. The van der Waals surface area contributed by atoms with E-state index in [1.54, 1.807) is 18.5 Å². The maximum absolute atomic E-state index is 12.2. The Hall–Kier alpha value is -2.91. The van der Waals surface area contributed by atoms with Gasteiger partial charge in [0.2, 0.25) is 5.91 Å². The number of pyridine rings is 2. The van der Waals surface area contributed by atoms with E-state index in [2.05, 4.69) is 56.5 Å². The minimum absolute atomic E-state index is 0.178. The molecule has 28 heavy (non-hydrogen) atoms. The van der Waals surface area contributed by atoms with Crippen LogP contribution in [0.3, 0.4) is 0 Å². The van der Waals surface area contributed by atoms with E-state index in [0.717, 1.165) is 16.6 Å². The molecule has 0 saturated heterocycles. The van der Waals surface area contributed by atoms with Gasteiger partial charge in [-0.2, -0.15) is 10.4 Å². The SMILES string of the molecule is BC(B)(P)c1[nH]ncc1-c1cc2cc(NC(=O)[C@H]3CC3C#N)ncc2c(N)n1. The van der Waals surface area contributed by atoms with Gasteiger partial charge in [-0.05, 0) is 28.9 Å². The molecule has 0 spiro atoms. The van der Waals surface area contributed by atoms with Crippen LogP contribution in [-0.2, 0) is 9.75 Å². The number of hydrogen-bond acceptors (Lipinski definition) is 6. The molecule has 1 aliphatic rings. The Balaban J connectivity index is 1.71. The van der Waals surface area contributed by atoms with Crippen LogP contribution in [-0.4, -0.2) is 41.8 Å². The number of carbonyl (C=O) groups is 1. The lowest BCUT2D eigenvalue weighted by molar-refractivity contribution is -0.117. The standard InChI is InChI=1S/C17H18B2N7OP/c18-17(19,28)14-11(6-23-26-14)12-2-7-3-13(22-5-10(7)15(21)24-12)25-16(27)9-1-8(9)4-20/h2-3,5-6,8-9H,1,18-19,28H2,(H2,21,24)(H,23,26)(H,22,25,27)/t8?,9-/m0/s1. The van der Waals surface area contributed by atoms with Crippen molar-refractivity contribution in [2.45, 2.75) is 11.4 Å². The number of hydrogen-bond donors (Lipinski definition) is 3. The van der Waals surface area contributed by atoms with E-state index in [0.29, 0.717) is 29.1 Å². The summed E-state index contributed by atoms with van der Waals surface area (Å²) in [4.78, 5) is 20.8. The molecule has 1 aliphatic carbocycles. The Kier molecular flexibility index (Phi) is 4.35. The lowest BCUT2D eigenvalue weighted by Crippen LogP contribution is -2.19. The lowest BCUT2D eigenvalue weighted by Gasteiger charge is -2.18. The van der Waals surface area contributed by atoms with Gasteiger partial charge in [-0.25, -0.2) is 9.97 Å². The van der Waals surface area contributed by atoms with Gasteiger partial charge in [0.1, 0.15) is 27.3 Å². The average molecular weight is 389 g/mol. The fourth-order valence-electron chi connectivity index (χ4n) is 3.20. The molecule has 0 aromatic carbocycles. The minimum Gasteiger partial charge on any atom is -0.383 e. The zero-order chi connectivity index (χ0) is 20.1. The van der Waals surface area contributed by atoms with E-state index in [4.69, 9.17) is 11.0 Å². The number of fused-ring (bicyclic) bond motifs is 1. The highest BCUT2D eigenvalue weighted by molar-refractivity contribution is 7.25. The Morgan fingerprint density at radius 2 is 2.21 bits per heavy atom. The summed E-state index contributed by atoms with van der Waals surface area (Å²) in [5, 5.41) is 20.4. The normalized spacial score (nSPS) is 18.6. The van der Waals surface area contributed by atoms with Crippen molar-refractivity contribution in [2.24, 2.45) is 11.8 Å². The Morgan fingerprint density at radius 3 is 2.89 bits per heavy atom. The van der Waals surface area contributed by atoms with Crippen LogP contribution >= 0.6 is 9.24 Å². The smallest absolute Gasteiger partial charge is 0.230 e. The quantitative estimate of drug-likeness (QED) is 0.424. The summed E-state index contributed by atoms with van der Waals surface area (Å²) in [5.41, 5.74) is 8.65. The fraction of sp³-hybridized carbons (Fsp3) is 0.235. The summed E-state index contributed by atoms with van der Waals surface area (Å²) in [6.45, 7) is 0. The molecule has 11 heteroatoms. The molecule has 3 heterocycles. The number of aromatic nitrogens is 4. The predicted octanol–water partition coefficient (Wildman–Crippen LogP) is -0.0481. The number of carbonyl (C=O) groups excluding carboxylic acids is 1. The second-order valence-electron chi connectivity index (χ2n) is 7.63. The molecule has 3 atom stereocenters. The zero-order valence-electron chi connectivity index (χ0n) is 15.5. The summed E-state index contributed by atoms with van der Waals surface area (Å²) < 4.78 is 0. The maximum Gasteiger partial charge on any atom is 0.230 e. The van der Waals surface area contributed by atoms with Crippen LogP contribution in [0.4, 0.5) is 11.6 Å². The average Bonchev–Trinajstić information content (AvgIpc) is 3.25. The molecule has 1 fully saturated rings. The third-order valence-electron chi connectivity index (χ3n) is 4.85. The fourth-order valence-corrected chi connectivity index (χ4v) is 3.42. The first kappa shape index (κ1) is 18.5. The molecule has 138 valence electrons. The number of rotatable bonds is 4. The minimum atomic E-state index is -0.252. The first-order valence-electron chi connectivity index (χ1n) is 8.88. The van der Waals surface area contributed by atoms with Gasteiger partial charge in [-0.3, -0.25) is 9.89 Å². The molecule has 4 rings (SSSR count). The third kappa shape index (κ3) is 3.34. The summed E-state index contributed by atoms with van der Waals surface area (Å²) in [7, 11) is 6.90. The molecule has 0 bridgehead atoms. The number of amides is 1. The van der Waals surface area contributed by atoms with Gasteiger partial charge in [-0.1, -0.05) is 0 Å². The molecular formula is C17H18B2N7OP. The van der Waals surface area contributed by atoms with Crippen molar-refractivity contribution in [3.63, 3.8) is 0 Å². The second kappa shape index (κ2) is 6.61. The van der Waals surface area contributed by atoms with Crippen molar-refractivity contribution >= 4 is 53.2 Å². The molecule has 4 N–H and O–H groups in total. The van der Waals surface area contributed by atoms with E-state index in [-0.39, 0.29) is 22.7 Å². The number of aromatic amines is 1. The molecule has 2 unspecified atom stereocenters. The number of anilines is 2. The molecule has 3 aromatic rings. The van der Waals surface area contributed by atoms with Crippen molar-refractivity contribution in [3.05, 3.63) is 30.2 Å². The second-order valence-corrected chi connectivity index (χ2v) is 9.07. The maximum atomic E-state index is 12.2. The summed E-state index contributed by atoms with van der Waals surface area (Å²) in [5.74, 6) is 0.164. The number of nitrogens with two attached hydrogens (primary N) is 1. The van der Waals surface area contributed by atoms with Crippen LogP contribution in [0.2, 0.25) is 0 Å². The van der Waals surface area contributed by atoms with Crippen LogP contribution in [0.25, 0.3) is 22.0 Å². The van der Waals surface area contributed by atoms with E-state index in [9.17, 15) is 4.79 Å². The van der Waals surface area contributed by atoms with E-state index in [1.807, 2.05) is 6.07 Å². The highest BCUT2D eigenvalue weighted by Gasteiger charge is 2.43. The molecule has 0 aliphatic heterocycles. The van der Waals surface area contributed by atoms with Crippen LogP contribution in [0.5, 0.6) is 0 Å². The van der Waals surface area contributed by atoms with Gasteiger partial charge >= 0.3 is 0 Å².